The van der Waals surface area contributed by atoms with E-state index in [4.69, 9.17) is 9.47 Å². The van der Waals surface area contributed by atoms with Crippen LogP contribution in [0.5, 0.6) is 11.5 Å². The number of anilines is 1. The molecule has 1 amide bonds. The minimum absolute atomic E-state index is 0.0694. The molecule has 3 aromatic carbocycles. The fourth-order valence-electron chi connectivity index (χ4n) is 2.89. The molecule has 0 atom stereocenters. The second-order valence-electron chi connectivity index (χ2n) is 6.49. The number of methoxy groups -OCH3 is 1. The lowest BCUT2D eigenvalue weighted by Crippen LogP contribution is -2.20. The van der Waals surface area contributed by atoms with Gasteiger partial charge in [0.05, 0.1) is 12.8 Å². The molecule has 0 fully saturated rings. The number of hydrogen-bond donors (Lipinski definition) is 1. The summed E-state index contributed by atoms with van der Waals surface area (Å²) in [7, 11) is 1.62. The molecule has 146 valence electrons. The Balaban J connectivity index is 1.51. The highest BCUT2D eigenvalue weighted by molar-refractivity contribution is 5.95. The Morgan fingerprint density at radius 3 is 2.34 bits per heavy atom. The zero-order chi connectivity index (χ0) is 20.2. The molecule has 29 heavy (non-hydrogen) atoms. The standard InChI is InChI=1S/C22H20N4O3/c1-15-12-20-21(25-26(24-20)16-8-10-17(28-2)11-9-16)13-19(15)23-22(27)14-29-18-6-4-3-5-7-18/h3-13H,14H2,1-2H3,(H,23,27). The van der Waals surface area contributed by atoms with Crippen molar-refractivity contribution >= 4 is 22.6 Å². The second-order valence-corrected chi connectivity index (χ2v) is 6.49. The number of aryl methyl sites for hydroxylation is 1. The van der Waals surface area contributed by atoms with E-state index in [0.717, 1.165) is 22.5 Å². The lowest BCUT2D eigenvalue weighted by atomic mass is 10.1. The summed E-state index contributed by atoms with van der Waals surface area (Å²) in [5.41, 5.74) is 3.83. The first-order chi connectivity index (χ1) is 14.1. The summed E-state index contributed by atoms with van der Waals surface area (Å²) in [6.45, 7) is 1.85. The molecular formula is C22H20N4O3. The Morgan fingerprint density at radius 1 is 0.966 bits per heavy atom. The monoisotopic (exact) mass is 388 g/mol. The Bertz CT molecular complexity index is 1140. The van der Waals surface area contributed by atoms with Crippen LogP contribution < -0.4 is 14.8 Å². The molecular weight excluding hydrogens is 368 g/mol. The molecule has 0 spiro atoms. The summed E-state index contributed by atoms with van der Waals surface area (Å²) in [6, 6.07) is 20.4. The Kier molecular flexibility index (Phi) is 5.11. The van der Waals surface area contributed by atoms with Gasteiger partial charge in [-0.05, 0) is 61.0 Å². The number of ether oxygens (including phenoxy) is 2. The summed E-state index contributed by atoms with van der Waals surface area (Å²) >= 11 is 0. The molecule has 1 N–H and O–H groups in total. The van der Waals surface area contributed by atoms with Crippen molar-refractivity contribution in [2.24, 2.45) is 0 Å². The number of fused-ring (bicyclic) bond motifs is 1. The van der Waals surface area contributed by atoms with E-state index < -0.39 is 0 Å². The molecule has 7 heteroatoms. The van der Waals surface area contributed by atoms with Crippen molar-refractivity contribution < 1.29 is 14.3 Å². The summed E-state index contributed by atoms with van der Waals surface area (Å²) in [6.07, 6.45) is 0. The molecule has 4 rings (SSSR count). The fourth-order valence-corrected chi connectivity index (χ4v) is 2.89. The third kappa shape index (κ3) is 4.19. The van der Waals surface area contributed by atoms with Crippen LogP contribution in [0.4, 0.5) is 5.69 Å². The number of rotatable bonds is 6. The van der Waals surface area contributed by atoms with Gasteiger partial charge in [0, 0.05) is 5.69 Å². The zero-order valence-electron chi connectivity index (χ0n) is 16.1. The van der Waals surface area contributed by atoms with E-state index in [1.54, 1.807) is 11.9 Å². The van der Waals surface area contributed by atoms with Gasteiger partial charge in [-0.1, -0.05) is 18.2 Å². The van der Waals surface area contributed by atoms with E-state index in [9.17, 15) is 4.79 Å². The largest absolute Gasteiger partial charge is 0.497 e. The lowest BCUT2D eigenvalue weighted by Gasteiger charge is -2.09. The van der Waals surface area contributed by atoms with Crippen LogP contribution in [0.3, 0.4) is 0 Å². The fraction of sp³-hybridized carbons (Fsp3) is 0.136. The number of para-hydroxylation sites is 1. The van der Waals surface area contributed by atoms with Gasteiger partial charge in [0.25, 0.3) is 5.91 Å². The molecule has 0 aliphatic rings. The van der Waals surface area contributed by atoms with E-state index in [-0.39, 0.29) is 12.5 Å². The van der Waals surface area contributed by atoms with Crippen LogP contribution in [0.15, 0.2) is 66.7 Å². The van der Waals surface area contributed by atoms with Crippen LogP contribution in [-0.4, -0.2) is 34.6 Å². The number of carbonyl (C=O) groups excluding carboxylic acids is 1. The highest BCUT2D eigenvalue weighted by Crippen LogP contribution is 2.23. The van der Waals surface area contributed by atoms with E-state index >= 15 is 0 Å². The molecule has 0 aliphatic carbocycles. The second kappa shape index (κ2) is 8.02. The molecule has 0 saturated carbocycles. The third-order valence-electron chi connectivity index (χ3n) is 4.42. The van der Waals surface area contributed by atoms with Crippen LogP contribution in [-0.2, 0) is 4.79 Å². The number of nitrogens with zero attached hydrogens (tertiary/aromatic N) is 3. The van der Waals surface area contributed by atoms with Gasteiger partial charge in [0.15, 0.2) is 6.61 Å². The van der Waals surface area contributed by atoms with Crippen molar-refractivity contribution in [1.29, 1.82) is 0 Å². The van der Waals surface area contributed by atoms with Gasteiger partial charge in [0.1, 0.15) is 22.5 Å². The normalized spacial score (nSPS) is 10.7. The lowest BCUT2D eigenvalue weighted by molar-refractivity contribution is -0.118. The third-order valence-corrected chi connectivity index (χ3v) is 4.42. The van der Waals surface area contributed by atoms with E-state index in [2.05, 4.69) is 15.5 Å². The molecule has 0 saturated heterocycles. The average molecular weight is 388 g/mol. The number of carbonyl (C=O) groups is 1. The maximum absolute atomic E-state index is 12.3. The first-order valence-corrected chi connectivity index (χ1v) is 9.12. The molecule has 0 unspecified atom stereocenters. The van der Waals surface area contributed by atoms with Gasteiger partial charge in [-0.2, -0.15) is 4.80 Å². The van der Waals surface area contributed by atoms with Gasteiger partial charge in [-0.3, -0.25) is 4.79 Å². The van der Waals surface area contributed by atoms with Crippen molar-refractivity contribution in [3.63, 3.8) is 0 Å². The number of aromatic nitrogens is 3. The molecule has 0 radical (unpaired) electrons. The predicted octanol–water partition coefficient (Wildman–Crippen LogP) is 3.76. The highest BCUT2D eigenvalue weighted by atomic mass is 16.5. The van der Waals surface area contributed by atoms with E-state index in [1.807, 2.05) is 73.7 Å². The van der Waals surface area contributed by atoms with Crippen molar-refractivity contribution in [1.82, 2.24) is 15.0 Å². The van der Waals surface area contributed by atoms with Crippen molar-refractivity contribution in [3.8, 4) is 17.2 Å². The van der Waals surface area contributed by atoms with E-state index in [1.165, 1.54) is 0 Å². The van der Waals surface area contributed by atoms with Gasteiger partial charge in [0.2, 0.25) is 0 Å². The number of hydrogen-bond acceptors (Lipinski definition) is 5. The Morgan fingerprint density at radius 2 is 1.66 bits per heavy atom. The van der Waals surface area contributed by atoms with E-state index in [0.29, 0.717) is 17.0 Å². The Hall–Kier alpha value is -3.87. The highest BCUT2D eigenvalue weighted by Gasteiger charge is 2.11. The summed E-state index contributed by atoms with van der Waals surface area (Å²) in [5.74, 6) is 1.18. The smallest absolute Gasteiger partial charge is 0.262 e. The maximum Gasteiger partial charge on any atom is 0.262 e. The van der Waals surface area contributed by atoms with Crippen LogP contribution in [0.25, 0.3) is 16.7 Å². The first-order valence-electron chi connectivity index (χ1n) is 9.12. The topological polar surface area (TPSA) is 78.3 Å². The zero-order valence-corrected chi connectivity index (χ0v) is 16.1. The van der Waals surface area contributed by atoms with Crippen molar-refractivity contribution in [3.05, 3.63) is 72.3 Å². The van der Waals surface area contributed by atoms with Crippen LogP contribution >= 0.6 is 0 Å². The molecule has 1 heterocycles. The predicted molar refractivity (Wildman–Crippen MR) is 111 cm³/mol. The molecule has 4 aromatic rings. The molecule has 1 aromatic heterocycles. The van der Waals surface area contributed by atoms with Crippen LogP contribution in [0.2, 0.25) is 0 Å². The summed E-state index contributed by atoms with van der Waals surface area (Å²) in [4.78, 5) is 13.8. The van der Waals surface area contributed by atoms with Crippen molar-refractivity contribution in [2.45, 2.75) is 6.92 Å². The minimum atomic E-state index is -0.237. The van der Waals surface area contributed by atoms with Crippen molar-refractivity contribution in [2.75, 3.05) is 19.0 Å². The maximum atomic E-state index is 12.3. The van der Waals surface area contributed by atoms with Gasteiger partial charge in [-0.15, -0.1) is 10.2 Å². The van der Waals surface area contributed by atoms with Crippen LogP contribution in [0.1, 0.15) is 5.56 Å². The quantitative estimate of drug-likeness (QED) is 0.544. The summed E-state index contributed by atoms with van der Waals surface area (Å²) in [5, 5.41) is 11.9. The van der Waals surface area contributed by atoms with Gasteiger partial charge < -0.3 is 14.8 Å². The SMILES string of the molecule is COc1ccc(-n2nc3cc(C)c(NC(=O)COc4ccccc4)cc3n2)cc1. The van der Waals surface area contributed by atoms with Gasteiger partial charge in [-0.25, -0.2) is 0 Å². The Labute approximate surface area is 167 Å². The number of amides is 1. The van der Waals surface area contributed by atoms with Gasteiger partial charge >= 0.3 is 0 Å². The summed E-state index contributed by atoms with van der Waals surface area (Å²) < 4.78 is 10.7. The number of nitrogens with one attached hydrogen (secondary N) is 1. The molecule has 7 nitrogen and oxygen atoms in total. The first kappa shape index (κ1) is 18.5. The molecule has 0 bridgehead atoms. The van der Waals surface area contributed by atoms with Crippen LogP contribution in [0, 0.1) is 6.92 Å². The minimum Gasteiger partial charge on any atom is -0.497 e. The number of benzene rings is 3. The molecule has 0 aliphatic heterocycles. The average Bonchev–Trinajstić information content (AvgIpc) is 3.16.